The van der Waals surface area contributed by atoms with Crippen LogP contribution in [0.15, 0.2) is 11.6 Å². The van der Waals surface area contributed by atoms with Crippen LogP contribution in [0.1, 0.15) is 27.7 Å². The van der Waals surface area contributed by atoms with Gasteiger partial charge >= 0.3 is 0 Å². The van der Waals surface area contributed by atoms with Crippen molar-refractivity contribution in [2.45, 2.75) is 37.7 Å². The lowest BCUT2D eigenvalue weighted by molar-refractivity contribution is 0.906. The third-order valence-electron chi connectivity index (χ3n) is 1.70. The molecule has 1 rings (SSSR count). The Morgan fingerprint density at radius 2 is 2.11 bits per heavy atom. The summed E-state index contributed by atoms with van der Waals surface area (Å²) in [7, 11) is 0. The maximum Gasteiger partial charge on any atom is 0.0291 e. The quantitative estimate of drug-likeness (QED) is 0.469. The van der Waals surface area contributed by atoms with Crippen LogP contribution in [-0.4, -0.2) is 10.00 Å². The standard InChI is InChI=1S/C8H14S/c1-6-5-8(3,4)9-7(6)2/h5,7H,1-4H3. The zero-order valence-electron chi connectivity index (χ0n) is 6.56. The molecule has 0 spiro atoms. The molecular formula is C8H14S. The Morgan fingerprint density at radius 1 is 1.56 bits per heavy atom. The third-order valence-corrected chi connectivity index (χ3v) is 3.15. The monoisotopic (exact) mass is 142 g/mol. The van der Waals surface area contributed by atoms with Gasteiger partial charge in [0.15, 0.2) is 0 Å². The largest absolute Gasteiger partial charge is 0.144 e. The molecule has 1 unspecified atom stereocenters. The summed E-state index contributed by atoms with van der Waals surface area (Å²) in [5.41, 5.74) is 1.53. The van der Waals surface area contributed by atoms with E-state index >= 15 is 0 Å². The molecule has 0 saturated carbocycles. The second kappa shape index (κ2) is 2.05. The fourth-order valence-electron chi connectivity index (χ4n) is 1.25. The second-order valence-corrected chi connectivity index (χ2v) is 5.25. The number of rotatable bonds is 0. The Balaban J connectivity index is 2.74. The highest BCUT2D eigenvalue weighted by Gasteiger charge is 2.26. The van der Waals surface area contributed by atoms with E-state index < -0.39 is 0 Å². The van der Waals surface area contributed by atoms with Crippen molar-refractivity contribution < 1.29 is 0 Å². The molecule has 0 saturated heterocycles. The van der Waals surface area contributed by atoms with E-state index in [0.29, 0.717) is 4.75 Å². The highest BCUT2D eigenvalue weighted by atomic mass is 32.2. The maximum atomic E-state index is 2.36. The summed E-state index contributed by atoms with van der Waals surface area (Å²) < 4.78 is 0.392. The molecule has 0 bridgehead atoms. The lowest BCUT2D eigenvalue weighted by atomic mass is 10.1. The predicted molar refractivity (Wildman–Crippen MR) is 44.9 cm³/mol. The van der Waals surface area contributed by atoms with Gasteiger partial charge < -0.3 is 0 Å². The summed E-state index contributed by atoms with van der Waals surface area (Å²) in [5, 5.41) is 0.736. The molecule has 0 aromatic heterocycles. The molecule has 0 aromatic carbocycles. The van der Waals surface area contributed by atoms with Gasteiger partial charge in [-0.15, -0.1) is 11.8 Å². The van der Waals surface area contributed by atoms with E-state index in [2.05, 4.69) is 33.8 Å². The van der Waals surface area contributed by atoms with Crippen molar-refractivity contribution in [3.8, 4) is 0 Å². The smallest absolute Gasteiger partial charge is 0.0291 e. The van der Waals surface area contributed by atoms with Crippen LogP contribution >= 0.6 is 11.8 Å². The Kier molecular flexibility index (Phi) is 1.64. The zero-order valence-corrected chi connectivity index (χ0v) is 7.38. The van der Waals surface area contributed by atoms with Crippen LogP contribution in [0, 0.1) is 0 Å². The van der Waals surface area contributed by atoms with Crippen LogP contribution in [0.2, 0.25) is 0 Å². The van der Waals surface area contributed by atoms with Crippen molar-refractivity contribution in [2.75, 3.05) is 0 Å². The summed E-state index contributed by atoms with van der Waals surface area (Å²) in [6.45, 7) is 9.02. The molecule has 0 aliphatic carbocycles. The van der Waals surface area contributed by atoms with Gasteiger partial charge in [0.2, 0.25) is 0 Å². The molecule has 1 aliphatic heterocycles. The van der Waals surface area contributed by atoms with Crippen LogP contribution < -0.4 is 0 Å². The zero-order chi connectivity index (χ0) is 7.07. The van der Waals surface area contributed by atoms with Crippen LogP contribution in [0.5, 0.6) is 0 Å². The van der Waals surface area contributed by atoms with Crippen LogP contribution in [0.3, 0.4) is 0 Å². The van der Waals surface area contributed by atoms with Gasteiger partial charge in [-0.05, 0) is 27.7 Å². The van der Waals surface area contributed by atoms with Crippen molar-refractivity contribution >= 4 is 11.8 Å². The van der Waals surface area contributed by atoms with Crippen molar-refractivity contribution in [3.63, 3.8) is 0 Å². The molecule has 1 aliphatic rings. The first-order valence-corrected chi connectivity index (χ1v) is 4.26. The molecule has 52 valence electrons. The van der Waals surface area contributed by atoms with E-state index in [1.165, 1.54) is 5.57 Å². The van der Waals surface area contributed by atoms with E-state index in [4.69, 9.17) is 0 Å². The van der Waals surface area contributed by atoms with Crippen molar-refractivity contribution in [3.05, 3.63) is 11.6 Å². The van der Waals surface area contributed by atoms with Crippen LogP contribution in [0.25, 0.3) is 0 Å². The molecule has 0 radical (unpaired) electrons. The van der Waals surface area contributed by atoms with Crippen molar-refractivity contribution in [1.29, 1.82) is 0 Å². The number of hydrogen-bond acceptors (Lipinski definition) is 1. The summed E-state index contributed by atoms with van der Waals surface area (Å²) in [4.78, 5) is 0. The lowest BCUT2D eigenvalue weighted by Gasteiger charge is -2.14. The third kappa shape index (κ3) is 1.51. The van der Waals surface area contributed by atoms with Gasteiger partial charge in [-0.3, -0.25) is 0 Å². The van der Waals surface area contributed by atoms with E-state index in [1.54, 1.807) is 0 Å². The van der Waals surface area contributed by atoms with Crippen LogP contribution in [-0.2, 0) is 0 Å². The van der Waals surface area contributed by atoms with Crippen LogP contribution in [0.4, 0.5) is 0 Å². The minimum absolute atomic E-state index is 0.392. The van der Waals surface area contributed by atoms with Gasteiger partial charge in [0.25, 0.3) is 0 Å². The molecule has 0 fully saturated rings. The average Bonchev–Trinajstić information content (AvgIpc) is 1.79. The van der Waals surface area contributed by atoms with Gasteiger partial charge in [-0.25, -0.2) is 0 Å². The topological polar surface area (TPSA) is 0 Å². The van der Waals surface area contributed by atoms with Gasteiger partial charge in [0.05, 0.1) is 0 Å². The number of thioether (sulfide) groups is 1. The molecule has 1 heterocycles. The molecular weight excluding hydrogens is 128 g/mol. The molecule has 9 heavy (non-hydrogen) atoms. The highest BCUT2D eigenvalue weighted by Crippen LogP contribution is 2.40. The minimum atomic E-state index is 0.392. The predicted octanol–water partition coefficient (Wildman–Crippen LogP) is 2.85. The van der Waals surface area contributed by atoms with Gasteiger partial charge in [-0.1, -0.05) is 11.6 Å². The fraction of sp³-hybridized carbons (Fsp3) is 0.750. The normalized spacial score (nSPS) is 32.4. The molecule has 1 atom stereocenters. The van der Waals surface area contributed by atoms with E-state index in [1.807, 2.05) is 11.8 Å². The Morgan fingerprint density at radius 3 is 2.22 bits per heavy atom. The summed E-state index contributed by atoms with van der Waals surface area (Å²) in [5.74, 6) is 0. The molecule has 0 amide bonds. The summed E-state index contributed by atoms with van der Waals surface area (Å²) >= 11 is 2.04. The lowest BCUT2D eigenvalue weighted by Crippen LogP contribution is -2.06. The molecule has 0 nitrogen and oxygen atoms in total. The van der Waals surface area contributed by atoms with E-state index in [-0.39, 0.29) is 0 Å². The van der Waals surface area contributed by atoms with Gasteiger partial charge in [-0.2, -0.15) is 0 Å². The Bertz CT molecular complexity index is 145. The van der Waals surface area contributed by atoms with E-state index in [9.17, 15) is 0 Å². The molecule has 0 aromatic rings. The van der Waals surface area contributed by atoms with Gasteiger partial charge in [0.1, 0.15) is 0 Å². The minimum Gasteiger partial charge on any atom is -0.144 e. The highest BCUT2D eigenvalue weighted by molar-refractivity contribution is 8.01. The first-order chi connectivity index (χ1) is 4.01. The van der Waals surface area contributed by atoms with Crippen molar-refractivity contribution in [1.82, 2.24) is 0 Å². The SMILES string of the molecule is CC1=CC(C)(C)SC1C. The first-order valence-electron chi connectivity index (χ1n) is 3.38. The van der Waals surface area contributed by atoms with Gasteiger partial charge in [0, 0.05) is 10.00 Å². The molecule has 1 heteroatoms. The Hall–Kier alpha value is 0.0900. The molecule has 0 N–H and O–H groups in total. The van der Waals surface area contributed by atoms with Crippen molar-refractivity contribution in [2.24, 2.45) is 0 Å². The number of hydrogen-bond donors (Lipinski definition) is 0. The average molecular weight is 142 g/mol. The summed E-state index contributed by atoms with van der Waals surface area (Å²) in [6.07, 6.45) is 2.36. The first kappa shape index (κ1) is 7.20. The second-order valence-electron chi connectivity index (χ2n) is 3.25. The summed E-state index contributed by atoms with van der Waals surface area (Å²) in [6, 6.07) is 0. The van der Waals surface area contributed by atoms with E-state index in [0.717, 1.165) is 5.25 Å². The Labute approximate surface area is 61.7 Å². The fourth-order valence-corrected chi connectivity index (χ4v) is 2.67. The maximum absolute atomic E-state index is 2.36.